The molecule has 184 valence electrons. The Morgan fingerprint density at radius 1 is 1.08 bits per heavy atom. The lowest BCUT2D eigenvalue weighted by atomic mass is 10.2. The van der Waals surface area contributed by atoms with Crippen LogP contribution in [0.4, 0.5) is 5.69 Å². The third-order valence-corrected chi connectivity index (χ3v) is 6.68. The highest BCUT2D eigenvalue weighted by Crippen LogP contribution is 2.14. The maximum Gasteiger partial charge on any atom is 0.273 e. The van der Waals surface area contributed by atoms with Crippen molar-refractivity contribution >= 4 is 34.6 Å². The molecule has 0 bridgehead atoms. The molecule has 0 aliphatic carbocycles. The van der Waals surface area contributed by atoms with E-state index in [0.29, 0.717) is 28.3 Å². The van der Waals surface area contributed by atoms with Gasteiger partial charge in [0.2, 0.25) is 0 Å². The van der Waals surface area contributed by atoms with E-state index in [9.17, 15) is 14.9 Å². The summed E-state index contributed by atoms with van der Waals surface area (Å²) in [7, 11) is 0. The quantitative estimate of drug-likeness (QED) is 0.380. The molecule has 0 fully saturated rings. The number of para-hydroxylation sites is 1. The zero-order valence-corrected chi connectivity index (χ0v) is 21.3. The third kappa shape index (κ3) is 5.77. The molecule has 0 aliphatic rings. The number of hydrogen-bond donors (Lipinski definition) is 1. The van der Waals surface area contributed by atoms with Crippen LogP contribution in [0.2, 0.25) is 0 Å². The first kappa shape index (κ1) is 25.4. The predicted octanol–water partition coefficient (Wildman–Crippen LogP) is 4.22. The van der Waals surface area contributed by atoms with Gasteiger partial charge < -0.3 is 10.1 Å². The minimum absolute atomic E-state index is 0.140. The molecule has 0 spiro atoms. The van der Waals surface area contributed by atoms with Crippen LogP contribution in [-0.2, 0) is 4.79 Å². The van der Waals surface area contributed by atoms with Crippen LogP contribution in [0.25, 0.3) is 17.3 Å². The number of ether oxygens (including phenoxy) is 1. The number of nitrogens with one attached hydrogen (secondary N) is 1. The minimum Gasteiger partial charge on any atom is -0.490 e. The van der Waals surface area contributed by atoms with E-state index < -0.39 is 5.91 Å². The molecule has 0 saturated carbocycles. The molecule has 0 radical (unpaired) electrons. The van der Waals surface area contributed by atoms with Gasteiger partial charge in [-0.25, -0.2) is 0 Å². The fourth-order valence-corrected chi connectivity index (χ4v) is 4.77. The monoisotopic (exact) mass is 507 g/mol. The highest BCUT2D eigenvalue weighted by molar-refractivity contribution is 7.07. The van der Waals surface area contributed by atoms with Gasteiger partial charge in [0.05, 0.1) is 10.2 Å². The van der Waals surface area contributed by atoms with E-state index in [4.69, 9.17) is 4.74 Å². The number of aryl methyl sites for hydroxylation is 2. The predicted molar refractivity (Wildman–Crippen MR) is 148 cm³/mol. The van der Waals surface area contributed by atoms with Crippen molar-refractivity contribution in [2.45, 2.75) is 13.8 Å². The molecule has 3 aromatic carbocycles. The molecule has 7 heteroatoms. The van der Waals surface area contributed by atoms with Crippen LogP contribution in [0.5, 0.6) is 5.75 Å². The third-order valence-electron chi connectivity index (χ3n) is 5.59. The topological polar surface area (TPSA) is 84.1 Å². The summed E-state index contributed by atoms with van der Waals surface area (Å²) in [5.74, 6) is 0.110. The van der Waals surface area contributed by atoms with Gasteiger partial charge in [0.1, 0.15) is 23.1 Å². The largest absolute Gasteiger partial charge is 0.490 e. The number of benzene rings is 3. The summed E-state index contributed by atoms with van der Waals surface area (Å²) < 4.78 is 7.64. The van der Waals surface area contributed by atoms with Gasteiger partial charge in [-0.05, 0) is 61.4 Å². The number of carbonyl (C=O) groups excluding carboxylic acids is 1. The normalized spacial score (nSPS) is 12.0. The van der Waals surface area contributed by atoms with E-state index in [1.165, 1.54) is 4.57 Å². The number of nitrogens with zero attached hydrogens (tertiary/aromatic N) is 2. The van der Waals surface area contributed by atoms with Gasteiger partial charge in [-0.3, -0.25) is 14.2 Å². The first-order valence-corrected chi connectivity index (χ1v) is 12.4. The molecule has 4 aromatic rings. The highest BCUT2D eigenvalue weighted by Gasteiger charge is 2.18. The Labute approximate surface area is 218 Å². The second kappa shape index (κ2) is 11.4. The van der Waals surface area contributed by atoms with E-state index in [-0.39, 0.29) is 15.8 Å². The number of aromatic nitrogens is 1. The summed E-state index contributed by atoms with van der Waals surface area (Å²) in [4.78, 5) is 26.8. The average molecular weight is 508 g/mol. The van der Waals surface area contributed by atoms with Gasteiger partial charge >= 0.3 is 0 Å². The van der Waals surface area contributed by atoms with Gasteiger partial charge in [-0.1, -0.05) is 60.7 Å². The van der Waals surface area contributed by atoms with Crippen LogP contribution in [0, 0.1) is 25.2 Å². The number of hydrogen-bond acceptors (Lipinski definition) is 5. The van der Waals surface area contributed by atoms with Crippen molar-refractivity contribution in [2.24, 2.45) is 0 Å². The smallest absolute Gasteiger partial charge is 0.273 e. The zero-order valence-electron chi connectivity index (χ0n) is 20.5. The maximum atomic E-state index is 13.6. The Morgan fingerprint density at radius 3 is 2.43 bits per heavy atom. The second-order valence-corrected chi connectivity index (χ2v) is 9.35. The van der Waals surface area contributed by atoms with Crippen LogP contribution in [0.3, 0.4) is 0 Å². The number of carbonyl (C=O) groups is 1. The highest BCUT2D eigenvalue weighted by atomic mass is 32.1. The molecule has 1 heterocycles. The Hall–Kier alpha value is -4.67. The number of rotatable bonds is 7. The number of amides is 1. The molecular formula is C30H25N3O3S. The summed E-state index contributed by atoms with van der Waals surface area (Å²) >= 11 is 1.11. The Bertz CT molecular complexity index is 1670. The van der Waals surface area contributed by atoms with Crippen molar-refractivity contribution in [3.8, 4) is 17.5 Å². The van der Waals surface area contributed by atoms with Crippen LogP contribution in [0.15, 0.2) is 90.2 Å². The first-order chi connectivity index (χ1) is 17.9. The summed E-state index contributed by atoms with van der Waals surface area (Å²) in [5, 5.41) is 12.8. The zero-order chi connectivity index (χ0) is 26.4. The van der Waals surface area contributed by atoms with E-state index >= 15 is 0 Å². The fraction of sp³-hybridized carbons (Fsp3) is 0.100. The molecule has 4 rings (SSSR count). The van der Waals surface area contributed by atoms with E-state index in [0.717, 1.165) is 28.0 Å². The van der Waals surface area contributed by atoms with Crippen molar-refractivity contribution in [1.29, 1.82) is 5.26 Å². The average Bonchev–Trinajstić information content (AvgIpc) is 3.20. The Morgan fingerprint density at radius 2 is 1.78 bits per heavy atom. The van der Waals surface area contributed by atoms with E-state index in [1.54, 1.807) is 30.4 Å². The molecule has 0 unspecified atom stereocenters. The molecule has 37 heavy (non-hydrogen) atoms. The van der Waals surface area contributed by atoms with Crippen LogP contribution < -0.4 is 24.8 Å². The summed E-state index contributed by atoms with van der Waals surface area (Å²) in [6.07, 6.45) is 3.41. The molecule has 1 N–H and O–H groups in total. The van der Waals surface area contributed by atoms with Gasteiger partial charge in [0.25, 0.3) is 11.5 Å². The summed E-state index contributed by atoms with van der Waals surface area (Å²) in [5.41, 5.74) is 3.41. The number of thiazole rings is 1. The van der Waals surface area contributed by atoms with Crippen molar-refractivity contribution in [3.05, 3.63) is 122 Å². The first-order valence-electron chi connectivity index (χ1n) is 11.6. The molecule has 0 aliphatic heterocycles. The molecular weight excluding hydrogens is 482 g/mol. The Kier molecular flexibility index (Phi) is 7.82. The van der Waals surface area contributed by atoms with E-state index in [2.05, 4.69) is 11.9 Å². The van der Waals surface area contributed by atoms with Gasteiger partial charge in [0.15, 0.2) is 5.57 Å². The lowest BCUT2D eigenvalue weighted by Crippen LogP contribution is -2.32. The minimum atomic E-state index is -0.579. The molecule has 0 saturated heterocycles. The van der Waals surface area contributed by atoms with Gasteiger partial charge in [-0.2, -0.15) is 5.26 Å². The lowest BCUT2D eigenvalue weighted by Gasteiger charge is -2.08. The van der Waals surface area contributed by atoms with Crippen LogP contribution >= 0.6 is 11.3 Å². The maximum absolute atomic E-state index is 13.6. The number of anilines is 1. The molecule has 1 aromatic heterocycles. The summed E-state index contributed by atoms with van der Waals surface area (Å²) in [6.45, 7) is 7.87. The van der Waals surface area contributed by atoms with Crippen molar-refractivity contribution in [1.82, 2.24) is 4.57 Å². The van der Waals surface area contributed by atoms with E-state index in [1.807, 2.05) is 74.5 Å². The second-order valence-electron chi connectivity index (χ2n) is 8.32. The lowest BCUT2D eigenvalue weighted by molar-refractivity contribution is -0.111. The fourth-order valence-electron chi connectivity index (χ4n) is 3.68. The molecule has 1 amide bonds. The van der Waals surface area contributed by atoms with Gasteiger partial charge in [-0.15, -0.1) is 11.3 Å². The molecule has 0 atom stereocenters. The summed E-state index contributed by atoms with van der Waals surface area (Å²) in [6, 6.07) is 24.0. The number of nitriles is 1. The standard InChI is InChI=1S/C30H25N3O3S/c1-4-17-36-24-15-11-22(12-16-24)18-27-29(35)33(26-8-6-5-7-21(26)3)30(37-27)25(19-31)28(34)32-23-13-9-20(2)10-14-23/h4-16,18H,1,17H2,2-3H3,(H,32,34)/b27-18-,30-25+. The van der Waals surface area contributed by atoms with Crippen molar-refractivity contribution in [3.63, 3.8) is 0 Å². The SMILES string of the molecule is C=CCOc1ccc(/C=c2\s/c(=C(\C#N)C(=O)Nc3ccc(C)cc3)n(-c3ccccc3C)c2=O)cc1. The van der Waals surface area contributed by atoms with Crippen LogP contribution in [-0.4, -0.2) is 17.1 Å². The van der Waals surface area contributed by atoms with Crippen LogP contribution in [0.1, 0.15) is 16.7 Å². The van der Waals surface area contributed by atoms with Crippen molar-refractivity contribution in [2.75, 3.05) is 11.9 Å². The molecule has 6 nitrogen and oxygen atoms in total. The van der Waals surface area contributed by atoms with Crippen molar-refractivity contribution < 1.29 is 9.53 Å². The Balaban J connectivity index is 1.89. The van der Waals surface area contributed by atoms with Gasteiger partial charge in [0, 0.05) is 5.69 Å².